The predicted molar refractivity (Wildman–Crippen MR) is 134 cm³/mol. The van der Waals surface area contributed by atoms with Gasteiger partial charge in [-0.2, -0.15) is 5.26 Å². The summed E-state index contributed by atoms with van der Waals surface area (Å²) in [5, 5.41) is 15.5. The van der Waals surface area contributed by atoms with Gasteiger partial charge in [0.05, 0.1) is 18.0 Å². The summed E-state index contributed by atoms with van der Waals surface area (Å²) in [6.45, 7) is 0.448. The van der Waals surface area contributed by atoms with Gasteiger partial charge in [0.2, 0.25) is 5.96 Å². The van der Waals surface area contributed by atoms with Crippen LogP contribution in [0.25, 0.3) is 11.1 Å². The number of aliphatic imine (C=N–C) groups is 1. The van der Waals surface area contributed by atoms with Gasteiger partial charge in [0.1, 0.15) is 0 Å². The highest BCUT2D eigenvalue weighted by Gasteiger charge is 2.10. The van der Waals surface area contributed by atoms with E-state index >= 15 is 0 Å². The highest BCUT2D eigenvalue weighted by molar-refractivity contribution is 6.31. The number of aromatic nitrogens is 2. The van der Waals surface area contributed by atoms with Crippen LogP contribution in [0, 0.1) is 11.3 Å². The van der Waals surface area contributed by atoms with E-state index in [1.54, 1.807) is 48.9 Å². The number of aromatic amines is 1. The second kappa shape index (κ2) is 10.9. The molecule has 0 fully saturated rings. The quantitative estimate of drug-likeness (QED) is 0.272. The number of guanidine groups is 1. The second-order valence-electron chi connectivity index (χ2n) is 7.41. The van der Waals surface area contributed by atoms with Crippen LogP contribution in [0.3, 0.4) is 0 Å². The first kappa shape index (κ1) is 22.8. The Morgan fingerprint density at radius 3 is 2.44 bits per heavy atom. The van der Waals surface area contributed by atoms with Gasteiger partial charge in [-0.3, -0.25) is 15.1 Å². The second-order valence-corrected chi connectivity index (χ2v) is 7.85. The van der Waals surface area contributed by atoms with Gasteiger partial charge in [-0.15, -0.1) is 0 Å². The molecule has 4 aromatic rings. The summed E-state index contributed by atoms with van der Waals surface area (Å²) in [6.07, 6.45) is 4.01. The molecule has 4 rings (SSSR count). The minimum Gasteiger partial charge on any atom is -0.348 e. The minimum absolute atomic E-state index is 0.315. The van der Waals surface area contributed by atoms with E-state index < -0.39 is 0 Å². The third kappa shape index (κ3) is 6.09. The number of carbonyl (C=O) groups excluding carboxylic acids is 1. The van der Waals surface area contributed by atoms with E-state index in [1.165, 1.54) is 0 Å². The van der Waals surface area contributed by atoms with Crippen LogP contribution < -0.4 is 10.6 Å². The Balaban J connectivity index is 1.49. The molecule has 0 aliphatic heterocycles. The number of carbonyl (C=O) groups is 1. The zero-order valence-electron chi connectivity index (χ0n) is 18.1. The van der Waals surface area contributed by atoms with Crippen molar-refractivity contribution in [1.29, 1.82) is 5.26 Å². The molecular weight excluding hydrogens is 448 g/mol. The van der Waals surface area contributed by atoms with Crippen molar-refractivity contribution in [3.8, 4) is 17.2 Å². The van der Waals surface area contributed by atoms with Gasteiger partial charge >= 0.3 is 0 Å². The smallest absolute Gasteiger partial charge is 0.258 e. The van der Waals surface area contributed by atoms with E-state index in [0.717, 1.165) is 22.5 Å². The van der Waals surface area contributed by atoms with E-state index in [0.29, 0.717) is 35.1 Å². The third-order valence-corrected chi connectivity index (χ3v) is 5.25. The van der Waals surface area contributed by atoms with Crippen LogP contribution in [0.15, 0.2) is 90.3 Å². The molecule has 0 bridgehead atoms. The summed E-state index contributed by atoms with van der Waals surface area (Å²) < 4.78 is 0. The van der Waals surface area contributed by atoms with E-state index in [1.807, 2.05) is 36.4 Å². The summed E-state index contributed by atoms with van der Waals surface area (Å²) >= 11 is 6.03. The number of halogens is 1. The van der Waals surface area contributed by atoms with Crippen molar-refractivity contribution in [2.24, 2.45) is 4.99 Å². The lowest BCUT2D eigenvalue weighted by Gasteiger charge is -2.13. The Labute approximate surface area is 202 Å². The molecular formula is C26H21ClN6O. The average Bonchev–Trinajstić information content (AvgIpc) is 3.38. The Bertz CT molecular complexity index is 1320. The minimum atomic E-state index is -0.315. The summed E-state index contributed by atoms with van der Waals surface area (Å²) in [4.78, 5) is 24.3. The van der Waals surface area contributed by atoms with Gasteiger partial charge < -0.3 is 10.3 Å². The lowest BCUT2D eigenvalue weighted by Crippen LogP contribution is -2.36. The number of imidazole rings is 1. The van der Waals surface area contributed by atoms with Crippen molar-refractivity contribution in [1.82, 2.24) is 15.3 Å². The molecule has 1 amide bonds. The molecule has 0 aliphatic carbocycles. The third-order valence-electron chi connectivity index (χ3n) is 5.02. The van der Waals surface area contributed by atoms with E-state index in [2.05, 4.69) is 31.7 Å². The first-order valence-electron chi connectivity index (χ1n) is 10.6. The first-order valence-corrected chi connectivity index (χ1v) is 10.9. The number of nitrogens with zero attached hydrogens (tertiary/aromatic N) is 3. The van der Waals surface area contributed by atoms with E-state index in [4.69, 9.17) is 16.9 Å². The summed E-state index contributed by atoms with van der Waals surface area (Å²) in [5.41, 5.74) is 4.80. The number of amides is 1. The molecule has 1 heterocycles. The van der Waals surface area contributed by atoms with Gasteiger partial charge in [0, 0.05) is 41.1 Å². The van der Waals surface area contributed by atoms with Crippen molar-refractivity contribution in [3.63, 3.8) is 0 Å². The number of hydrogen-bond donors (Lipinski definition) is 3. The SMILES string of the molecule is N#Cc1ccc(-c2ccc(NC(=NCCc3cnc[nH]3)NC(=O)c3cccc(Cl)c3)cc2)cc1. The number of anilines is 1. The van der Waals surface area contributed by atoms with E-state index in [-0.39, 0.29) is 5.91 Å². The normalized spacial score (nSPS) is 11.0. The number of hydrogen-bond acceptors (Lipinski definition) is 4. The number of rotatable bonds is 6. The first-order chi connectivity index (χ1) is 16.6. The fourth-order valence-electron chi connectivity index (χ4n) is 3.25. The largest absolute Gasteiger partial charge is 0.348 e. The topological polar surface area (TPSA) is 106 Å². The van der Waals surface area contributed by atoms with Crippen LogP contribution in [-0.4, -0.2) is 28.4 Å². The zero-order valence-corrected chi connectivity index (χ0v) is 18.9. The van der Waals surface area contributed by atoms with Crippen LogP contribution in [0.1, 0.15) is 21.6 Å². The highest BCUT2D eigenvalue weighted by Crippen LogP contribution is 2.22. The van der Waals surface area contributed by atoms with Crippen molar-refractivity contribution in [2.75, 3.05) is 11.9 Å². The van der Waals surface area contributed by atoms with E-state index in [9.17, 15) is 4.79 Å². The Kier molecular flexibility index (Phi) is 7.33. The molecule has 3 aromatic carbocycles. The highest BCUT2D eigenvalue weighted by atomic mass is 35.5. The average molecular weight is 469 g/mol. The molecule has 0 unspecified atom stereocenters. The molecule has 0 atom stereocenters. The van der Waals surface area contributed by atoms with Gasteiger partial charge in [-0.1, -0.05) is 41.9 Å². The standard InChI is InChI=1S/C26H21ClN6O/c27-22-3-1-2-21(14-22)25(34)33-26(30-13-12-24-16-29-17-31-24)32-23-10-8-20(9-11-23)19-6-4-18(15-28)5-7-19/h1-11,14,16-17H,12-13H2,(H,29,31)(H2,30,32,33,34). The van der Waals surface area contributed by atoms with Gasteiger partial charge in [-0.25, -0.2) is 4.98 Å². The lowest BCUT2D eigenvalue weighted by atomic mass is 10.0. The van der Waals surface area contributed by atoms with Gasteiger partial charge in [0.25, 0.3) is 5.91 Å². The number of nitrogens with one attached hydrogen (secondary N) is 3. The molecule has 8 heteroatoms. The van der Waals surface area contributed by atoms with Crippen molar-refractivity contribution < 1.29 is 4.79 Å². The molecule has 7 nitrogen and oxygen atoms in total. The molecule has 3 N–H and O–H groups in total. The summed E-state index contributed by atoms with van der Waals surface area (Å²) in [6, 6.07) is 24.0. The predicted octanol–water partition coefficient (Wildman–Crippen LogP) is 5.04. The van der Waals surface area contributed by atoms with Crippen LogP contribution >= 0.6 is 11.6 Å². The molecule has 0 radical (unpaired) electrons. The molecule has 0 saturated carbocycles. The molecule has 34 heavy (non-hydrogen) atoms. The molecule has 0 spiro atoms. The monoisotopic (exact) mass is 468 g/mol. The Morgan fingerprint density at radius 1 is 1.06 bits per heavy atom. The zero-order chi connectivity index (χ0) is 23.8. The van der Waals surface area contributed by atoms with Crippen LogP contribution in [-0.2, 0) is 6.42 Å². The number of nitriles is 1. The van der Waals surface area contributed by atoms with Crippen molar-refractivity contribution in [2.45, 2.75) is 6.42 Å². The van der Waals surface area contributed by atoms with Crippen molar-refractivity contribution >= 4 is 29.2 Å². The van der Waals surface area contributed by atoms with Crippen LogP contribution in [0.2, 0.25) is 5.02 Å². The number of benzene rings is 3. The van der Waals surface area contributed by atoms with Crippen molar-refractivity contribution in [3.05, 3.63) is 107 Å². The lowest BCUT2D eigenvalue weighted by molar-refractivity contribution is 0.0977. The van der Waals surface area contributed by atoms with Crippen LogP contribution in [0.5, 0.6) is 0 Å². The number of H-pyrrole nitrogens is 1. The molecule has 1 aromatic heterocycles. The van der Waals surface area contributed by atoms with Gasteiger partial charge in [-0.05, 0) is 53.6 Å². The Morgan fingerprint density at radius 2 is 1.79 bits per heavy atom. The fourth-order valence-corrected chi connectivity index (χ4v) is 3.44. The maximum absolute atomic E-state index is 12.8. The maximum Gasteiger partial charge on any atom is 0.258 e. The summed E-state index contributed by atoms with van der Waals surface area (Å²) in [7, 11) is 0. The fraction of sp³-hybridized carbons (Fsp3) is 0.0769. The molecule has 0 aliphatic rings. The Hall–Kier alpha value is -4.41. The summed E-state index contributed by atoms with van der Waals surface area (Å²) in [5.74, 6) is 0.0140. The molecule has 0 saturated heterocycles. The van der Waals surface area contributed by atoms with Crippen LogP contribution in [0.4, 0.5) is 5.69 Å². The maximum atomic E-state index is 12.8. The van der Waals surface area contributed by atoms with Gasteiger partial charge in [0.15, 0.2) is 0 Å². The molecule has 168 valence electrons.